The third-order valence-corrected chi connectivity index (χ3v) is 3.96. The van der Waals surface area contributed by atoms with E-state index in [1.54, 1.807) is 22.6 Å². The van der Waals surface area contributed by atoms with Crippen LogP contribution in [0.4, 0.5) is 18.9 Å². The molecule has 2 aromatic carbocycles. The number of halogens is 5. The quantitative estimate of drug-likeness (QED) is 0.409. The number of anilines is 1. The molecule has 100 valence electrons. The molecule has 0 aromatic heterocycles. The number of nitrogens with two attached hydrogens (primary N) is 1. The number of rotatable bonds is 2. The van der Waals surface area contributed by atoms with Crippen LogP contribution < -0.4 is 10.5 Å². The van der Waals surface area contributed by atoms with Gasteiger partial charge in [-0.25, -0.2) is 13.2 Å². The van der Waals surface area contributed by atoms with Crippen LogP contribution in [0.2, 0.25) is 0 Å². The lowest BCUT2D eigenvalue weighted by atomic mass is 10.2. The molecule has 0 heterocycles. The van der Waals surface area contributed by atoms with Gasteiger partial charge in [0.25, 0.3) is 0 Å². The second-order valence-corrected chi connectivity index (χ2v) is 5.52. The summed E-state index contributed by atoms with van der Waals surface area (Å²) < 4.78 is 45.8. The Morgan fingerprint density at radius 3 is 2.42 bits per heavy atom. The Hall–Kier alpha value is -0.960. The summed E-state index contributed by atoms with van der Waals surface area (Å²) in [6.45, 7) is 0. The van der Waals surface area contributed by atoms with Gasteiger partial charge in [-0.1, -0.05) is 0 Å². The van der Waals surface area contributed by atoms with E-state index in [0.29, 0.717) is 0 Å². The molecule has 0 spiro atoms. The van der Waals surface area contributed by atoms with Crippen LogP contribution in [0.25, 0.3) is 0 Å². The summed E-state index contributed by atoms with van der Waals surface area (Å²) in [7, 11) is 0. The van der Waals surface area contributed by atoms with Crippen LogP contribution >= 0.6 is 38.5 Å². The summed E-state index contributed by atoms with van der Waals surface area (Å²) in [4.78, 5) is 0. The lowest BCUT2D eigenvalue weighted by Crippen LogP contribution is -2.00. The van der Waals surface area contributed by atoms with Crippen molar-refractivity contribution in [3.05, 3.63) is 49.8 Å². The molecule has 0 fully saturated rings. The first kappa shape index (κ1) is 14.4. The van der Waals surface area contributed by atoms with Crippen molar-refractivity contribution >= 4 is 44.2 Å². The van der Waals surface area contributed by atoms with E-state index < -0.39 is 23.2 Å². The van der Waals surface area contributed by atoms with Gasteiger partial charge in [0.05, 0.1) is 13.7 Å². The molecule has 0 saturated carbocycles. The molecule has 2 N–H and O–H groups in total. The minimum absolute atomic E-state index is 0.0109. The van der Waals surface area contributed by atoms with Crippen LogP contribution in [0, 0.1) is 21.0 Å². The minimum Gasteiger partial charge on any atom is -0.451 e. The predicted octanol–water partition coefficient (Wildman–Crippen LogP) is 4.85. The van der Waals surface area contributed by atoms with Crippen molar-refractivity contribution in [2.45, 2.75) is 0 Å². The Morgan fingerprint density at radius 2 is 1.79 bits per heavy atom. The van der Waals surface area contributed by atoms with E-state index in [1.807, 2.05) is 0 Å². The van der Waals surface area contributed by atoms with Gasteiger partial charge in [-0.05, 0) is 56.7 Å². The smallest absolute Gasteiger partial charge is 0.199 e. The average molecular weight is 444 g/mol. The maximum atomic E-state index is 13.9. The van der Waals surface area contributed by atoms with E-state index in [0.717, 1.165) is 12.1 Å². The molecular formula is C12H6BrF3INO. The second-order valence-electron chi connectivity index (χ2n) is 3.58. The number of hydrogen-bond acceptors (Lipinski definition) is 2. The Labute approximate surface area is 129 Å². The molecule has 2 aromatic rings. The zero-order valence-corrected chi connectivity index (χ0v) is 12.9. The Morgan fingerprint density at radius 1 is 1.11 bits per heavy atom. The monoisotopic (exact) mass is 443 g/mol. The standard InChI is InChI=1S/C12H6BrF3INO/c13-6-3-5(1-2-7(6)14)19-12-8(15)4-9(18)11(17)10(12)16/h1-4H,18H2. The largest absolute Gasteiger partial charge is 0.451 e. The number of hydrogen-bond donors (Lipinski definition) is 1. The van der Waals surface area contributed by atoms with Crippen molar-refractivity contribution in [3.63, 3.8) is 0 Å². The maximum Gasteiger partial charge on any atom is 0.199 e. The number of nitrogen functional groups attached to an aromatic ring is 1. The SMILES string of the molecule is Nc1cc(F)c(Oc2ccc(F)c(Br)c2)c(F)c1I. The molecule has 7 heteroatoms. The van der Waals surface area contributed by atoms with E-state index >= 15 is 0 Å². The molecule has 0 atom stereocenters. The predicted molar refractivity (Wildman–Crippen MR) is 77.7 cm³/mol. The average Bonchev–Trinajstić information content (AvgIpc) is 2.36. The summed E-state index contributed by atoms with van der Waals surface area (Å²) in [5.74, 6) is -2.78. The van der Waals surface area contributed by atoms with Gasteiger partial charge >= 0.3 is 0 Å². The highest BCUT2D eigenvalue weighted by Crippen LogP contribution is 2.34. The van der Waals surface area contributed by atoms with Crippen molar-refractivity contribution in [2.24, 2.45) is 0 Å². The van der Waals surface area contributed by atoms with Crippen LogP contribution in [0.3, 0.4) is 0 Å². The third-order valence-electron chi connectivity index (χ3n) is 2.26. The molecule has 0 amide bonds. The van der Waals surface area contributed by atoms with Crippen molar-refractivity contribution < 1.29 is 17.9 Å². The molecule has 2 nitrogen and oxygen atoms in total. The Kier molecular flexibility index (Phi) is 4.24. The normalized spacial score (nSPS) is 10.6. The van der Waals surface area contributed by atoms with Gasteiger partial charge in [-0.15, -0.1) is 0 Å². The fourth-order valence-electron chi connectivity index (χ4n) is 1.35. The highest BCUT2D eigenvalue weighted by Gasteiger charge is 2.18. The number of benzene rings is 2. The molecule has 19 heavy (non-hydrogen) atoms. The van der Waals surface area contributed by atoms with E-state index in [1.165, 1.54) is 12.1 Å². The lowest BCUT2D eigenvalue weighted by molar-refractivity contribution is 0.405. The molecule has 0 bridgehead atoms. The molecule has 0 aliphatic heterocycles. The van der Waals surface area contributed by atoms with Gasteiger partial charge in [0.15, 0.2) is 17.4 Å². The van der Waals surface area contributed by atoms with Crippen molar-refractivity contribution in [3.8, 4) is 11.5 Å². The summed E-state index contributed by atoms with van der Waals surface area (Å²) in [5.41, 5.74) is 5.42. The first-order valence-corrected chi connectivity index (χ1v) is 6.83. The van der Waals surface area contributed by atoms with Crippen LogP contribution in [-0.2, 0) is 0 Å². The van der Waals surface area contributed by atoms with Crippen molar-refractivity contribution in [1.29, 1.82) is 0 Å². The van der Waals surface area contributed by atoms with Crippen LogP contribution in [-0.4, -0.2) is 0 Å². The van der Waals surface area contributed by atoms with Gasteiger partial charge in [0.2, 0.25) is 0 Å². The summed E-state index contributed by atoms with van der Waals surface area (Å²) >= 11 is 4.61. The molecule has 0 radical (unpaired) electrons. The lowest BCUT2D eigenvalue weighted by Gasteiger charge is -2.10. The second kappa shape index (κ2) is 5.58. The molecule has 0 unspecified atom stereocenters. The zero-order valence-electron chi connectivity index (χ0n) is 9.18. The molecule has 2 rings (SSSR count). The topological polar surface area (TPSA) is 35.2 Å². The highest BCUT2D eigenvalue weighted by molar-refractivity contribution is 14.1. The van der Waals surface area contributed by atoms with Gasteiger partial charge in [-0.2, -0.15) is 0 Å². The van der Waals surface area contributed by atoms with Crippen LogP contribution in [0.1, 0.15) is 0 Å². The first-order chi connectivity index (χ1) is 8.90. The molecule has 0 aliphatic rings. The van der Waals surface area contributed by atoms with Gasteiger partial charge in [0, 0.05) is 6.07 Å². The van der Waals surface area contributed by atoms with Gasteiger partial charge in [0.1, 0.15) is 11.6 Å². The fraction of sp³-hybridized carbons (Fsp3) is 0. The van der Waals surface area contributed by atoms with Gasteiger partial charge < -0.3 is 10.5 Å². The maximum absolute atomic E-state index is 13.9. The van der Waals surface area contributed by atoms with Crippen molar-refractivity contribution in [1.82, 2.24) is 0 Å². The molecular weight excluding hydrogens is 438 g/mol. The first-order valence-electron chi connectivity index (χ1n) is 4.96. The highest BCUT2D eigenvalue weighted by atomic mass is 127. The number of ether oxygens (including phenoxy) is 1. The zero-order chi connectivity index (χ0) is 14.2. The van der Waals surface area contributed by atoms with E-state index in [2.05, 4.69) is 15.9 Å². The summed E-state index contributed by atoms with van der Waals surface area (Å²) in [6.07, 6.45) is 0. The minimum atomic E-state index is -0.920. The van der Waals surface area contributed by atoms with E-state index in [-0.39, 0.29) is 19.5 Å². The summed E-state index contributed by atoms with van der Waals surface area (Å²) in [5, 5.41) is 0. The summed E-state index contributed by atoms with van der Waals surface area (Å²) in [6, 6.07) is 4.63. The van der Waals surface area contributed by atoms with Crippen molar-refractivity contribution in [2.75, 3.05) is 5.73 Å². The van der Waals surface area contributed by atoms with Crippen LogP contribution in [0.15, 0.2) is 28.7 Å². The Balaban J connectivity index is 2.43. The van der Waals surface area contributed by atoms with E-state index in [4.69, 9.17) is 10.5 Å². The third kappa shape index (κ3) is 2.97. The van der Waals surface area contributed by atoms with E-state index in [9.17, 15) is 13.2 Å². The molecule has 0 saturated heterocycles. The Bertz CT molecular complexity index is 651. The fourth-order valence-corrected chi connectivity index (χ4v) is 2.11. The molecule has 0 aliphatic carbocycles. The van der Waals surface area contributed by atoms with Gasteiger partial charge in [-0.3, -0.25) is 0 Å². The van der Waals surface area contributed by atoms with Crippen LogP contribution in [0.5, 0.6) is 11.5 Å².